The van der Waals surface area contributed by atoms with Gasteiger partial charge in [-0.3, -0.25) is 4.79 Å². The number of aromatic nitrogens is 2. The lowest BCUT2D eigenvalue weighted by Gasteiger charge is -2.08. The number of nitrogens with one attached hydrogen (secondary N) is 1. The van der Waals surface area contributed by atoms with Crippen molar-refractivity contribution in [3.8, 4) is 11.5 Å². The first kappa shape index (κ1) is 9.89. The van der Waals surface area contributed by atoms with Crippen molar-refractivity contribution in [2.24, 2.45) is 0 Å². The molecule has 1 N–H and O–H groups in total. The Balaban J connectivity index is 1.97. The molecule has 1 aromatic carbocycles. The highest BCUT2D eigenvalue weighted by Crippen LogP contribution is 2.38. The zero-order valence-corrected chi connectivity index (χ0v) is 9.14. The molecule has 86 valence electrons. The zero-order valence-electron chi connectivity index (χ0n) is 9.14. The third-order valence-corrected chi connectivity index (χ3v) is 2.53. The summed E-state index contributed by atoms with van der Waals surface area (Å²) in [5.41, 5.74) is 0.127. The van der Waals surface area contributed by atoms with Crippen molar-refractivity contribution >= 4 is 0 Å². The second kappa shape index (κ2) is 3.62. The Morgan fingerprint density at radius 2 is 1.88 bits per heavy atom. The normalized spacial score (nSPS) is 13.9. The van der Waals surface area contributed by atoms with E-state index in [2.05, 4.69) is 9.97 Å². The van der Waals surface area contributed by atoms with Crippen molar-refractivity contribution < 1.29 is 9.47 Å². The fraction of sp³-hybridized carbons (Fsp3) is 0.167. The van der Waals surface area contributed by atoms with Crippen molar-refractivity contribution in [2.45, 2.75) is 13.2 Å². The molecule has 5 nitrogen and oxygen atoms in total. The number of rotatable bonds is 1. The lowest BCUT2D eigenvalue weighted by molar-refractivity contribution is 0.0470. The van der Waals surface area contributed by atoms with Crippen LogP contribution in [0.3, 0.4) is 0 Å². The molecule has 5 heteroatoms. The van der Waals surface area contributed by atoms with Gasteiger partial charge in [-0.05, 0) is 19.1 Å². The molecule has 0 saturated carbocycles. The molecule has 1 aliphatic rings. The number of nitrogens with zero attached hydrogens (tertiary/aromatic N) is 1. The minimum absolute atomic E-state index is 0.240. The van der Waals surface area contributed by atoms with E-state index >= 15 is 0 Å². The van der Waals surface area contributed by atoms with Gasteiger partial charge in [-0.1, -0.05) is 12.1 Å². The minimum atomic E-state index is -0.718. The van der Waals surface area contributed by atoms with Gasteiger partial charge in [-0.25, -0.2) is 4.98 Å². The Hall–Kier alpha value is -2.30. The lowest BCUT2D eigenvalue weighted by atomic mass is 10.3. The van der Waals surface area contributed by atoms with Gasteiger partial charge in [-0.15, -0.1) is 0 Å². The lowest BCUT2D eigenvalue weighted by Crippen LogP contribution is -2.22. The quantitative estimate of drug-likeness (QED) is 0.807. The fourth-order valence-electron chi connectivity index (χ4n) is 1.69. The van der Waals surface area contributed by atoms with Crippen molar-refractivity contribution in [2.75, 3.05) is 0 Å². The second-order valence-electron chi connectivity index (χ2n) is 3.77. The molecule has 0 atom stereocenters. The van der Waals surface area contributed by atoms with Gasteiger partial charge in [0.25, 0.3) is 11.8 Å². The van der Waals surface area contributed by atoms with E-state index in [9.17, 15) is 4.79 Å². The summed E-state index contributed by atoms with van der Waals surface area (Å²) in [6.45, 7) is 1.72. The van der Waals surface area contributed by atoms with E-state index in [4.69, 9.17) is 9.47 Å². The summed E-state index contributed by atoms with van der Waals surface area (Å²) in [7, 11) is 0. The van der Waals surface area contributed by atoms with E-state index in [1.54, 1.807) is 19.1 Å². The van der Waals surface area contributed by atoms with Crippen LogP contribution in [-0.2, 0) is 0 Å². The van der Waals surface area contributed by atoms with Gasteiger partial charge in [-0.2, -0.15) is 0 Å². The summed E-state index contributed by atoms with van der Waals surface area (Å²) in [6, 6.07) is 7.29. The molecule has 0 aliphatic carbocycles. The second-order valence-corrected chi connectivity index (χ2v) is 3.77. The number of ether oxygens (including phenoxy) is 2. The summed E-state index contributed by atoms with van der Waals surface area (Å²) >= 11 is 0. The van der Waals surface area contributed by atoms with Crippen LogP contribution < -0.4 is 15.0 Å². The van der Waals surface area contributed by atoms with Crippen molar-refractivity contribution in [1.82, 2.24) is 9.97 Å². The molecule has 0 amide bonds. The van der Waals surface area contributed by atoms with Crippen molar-refractivity contribution in [1.29, 1.82) is 0 Å². The van der Waals surface area contributed by atoms with Crippen LogP contribution in [0.5, 0.6) is 11.5 Å². The molecule has 0 saturated heterocycles. The van der Waals surface area contributed by atoms with Crippen molar-refractivity contribution in [3.05, 3.63) is 52.2 Å². The smallest absolute Gasteiger partial charge is 0.274 e. The number of benzene rings is 1. The maximum absolute atomic E-state index is 11.7. The third kappa shape index (κ3) is 1.65. The van der Waals surface area contributed by atoms with Crippen LogP contribution >= 0.6 is 0 Å². The number of aromatic amines is 1. The summed E-state index contributed by atoms with van der Waals surface area (Å²) in [4.78, 5) is 18.4. The molecule has 0 spiro atoms. The average Bonchev–Trinajstić information content (AvgIpc) is 2.72. The number of hydrogen-bond acceptors (Lipinski definition) is 4. The van der Waals surface area contributed by atoms with E-state index in [1.807, 2.05) is 12.1 Å². The Morgan fingerprint density at radius 1 is 1.24 bits per heavy atom. The largest absolute Gasteiger partial charge is 0.446 e. The van der Waals surface area contributed by atoms with Crippen LogP contribution in [0.15, 0.2) is 35.3 Å². The van der Waals surface area contributed by atoms with E-state index in [-0.39, 0.29) is 5.56 Å². The molecule has 2 aromatic rings. The fourth-order valence-corrected chi connectivity index (χ4v) is 1.69. The molecule has 2 heterocycles. The topological polar surface area (TPSA) is 64.2 Å². The van der Waals surface area contributed by atoms with Crippen LogP contribution in [-0.4, -0.2) is 9.97 Å². The van der Waals surface area contributed by atoms with Crippen LogP contribution in [0.4, 0.5) is 0 Å². The van der Waals surface area contributed by atoms with Gasteiger partial charge in [0.15, 0.2) is 11.5 Å². The highest BCUT2D eigenvalue weighted by atomic mass is 16.7. The van der Waals surface area contributed by atoms with Crippen LogP contribution in [0.1, 0.15) is 17.7 Å². The zero-order chi connectivity index (χ0) is 11.8. The van der Waals surface area contributed by atoms with Gasteiger partial charge >= 0.3 is 0 Å². The maximum Gasteiger partial charge on any atom is 0.274 e. The third-order valence-electron chi connectivity index (χ3n) is 2.53. The predicted octanol–water partition coefficient (Wildman–Crippen LogP) is 1.55. The van der Waals surface area contributed by atoms with Crippen LogP contribution in [0.25, 0.3) is 0 Å². The van der Waals surface area contributed by atoms with Gasteiger partial charge in [0, 0.05) is 6.20 Å². The Labute approximate surface area is 97.0 Å². The summed E-state index contributed by atoms with van der Waals surface area (Å²) in [5, 5.41) is 0. The molecule has 1 aromatic heterocycles. The average molecular weight is 230 g/mol. The Kier molecular flexibility index (Phi) is 2.11. The summed E-state index contributed by atoms with van der Waals surface area (Å²) < 4.78 is 11.1. The first-order chi connectivity index (χ1) is 8.24. The molecule has 0 fully saturated rings. The first-order valence-corrected chi connectivity index (χ1v) is 5.22. The van der Waals surface area contributed by atoms with Crippen LogP contribution in [0.2, 0.25) is 0 Å². The highest BCUT2D eigenvalue weighted by Gasteiger charge is 2.27. The maximum atomic E-state index is 11.7. The molecular weight excluding hydrogens is 220 g/mol. The SMILES string of the molecule is Cc1ncc(C2Oc3ccccc3O2)c(=O)[nH]1. The summed E-state index contributed by atoms with van der Waals surface area (Å²) in [5.74, 6) is 1.84. The number of para-hydroxylation sites is 2. The number of aryl methyl sites for hydroxylation is 1. The summed E-state index contributed by atoms with van der Waals surface area (Å²) in [6.07, 6.45) is 0.759. The molecule has 0 unspecified atom stereocenters. The van der Waals surface area contributed by atoms with Gasteiger partial charge in [0.1, 0.15) is 11.4 Å². The molecule has 17 heavy (non-hydrogen) atoms. The van der Waals surface area contributed by atoms with E-state index < -0.39 is 6.29 Å². The Bertz CT molecular complexity index is 596. The first-order valence-electron chi connectivity index (χ1n) is 5.22. The monoisotopic (exact) mass is 230 g/mol. The molecule has 0 bridgehead atoms. The molecule has 3 rings (SSSR count). The molecular formula is C12H10N2O3. The van der Waals surface area contributed by atoms with E-state index in [1.165, 1.54) is 6.20 Å². The minimum Gasteiger partial charge on any atom is -0.446 e. The standard InChI is InChI=1S/C12H10N2O3/c1-7-13-6-8(11(15)14-7)12-16-9-4-2-3-5-10(9)17-12/h2-6,12H,1H3,(H,13,14,15). The van der Waals surface area contributed by atoms with E-state index in [0.29, 0.717) is 22.9 Å². The number of fused-ring (bicyclic) bond motifs is 1. The molecule has 1 aliphatic heterocycles. The molecule has 0 radical (unpaired) electrons. The van der Waals surface area contributed by atoms with Crippen LogP contribution in [0, 0.1) is 6.92 Å². The predicted molar refractivity (Wildman–Crippen MR) is 60.0 cm³/mol. The number of hydrogen-bond donors (Lipinski definition) is 1. The van der Waals surface area contributed by atoms with E-state index in [0.717, 1.165) is 0 Å². The van der Waals surface area contributed by atoms with Crippen molar-refractivity contribution in [3.63, 3.8) is 0 Å². The van der Waals surface area contributed by atoms with Gasteiger partial charge in [0.05, 0.1) is 0 Å². The highest BCUT2D eigenvalue weighted by molar-refractivity contribution is 5.42. The Morgan fingerprint density at radius 3 is 2.47 bits per heavy atom. The number of H-pyrrole nitrogens is 1. The van der Waals surface area contributed by atoms with Gasteiger partial charge < -0.3 is 14.5 Å². The van der Waals surface area contributed by atoms with Gasteiger partial charge in [0.2, 0.25) is 0 Å².